The molecular weight excluding hydrogens is 548 g/mol. The van der Waals surface area contributed by atoms with Crippen molar-refractivity contribution in [3.05, 3.63) is 59.7 Å². The average molecular weight is 592 g/mol. The smallest absolute Gasteiger partial charge is 0.252 e. The van der Waals surface area contributed by atoms with E-state index in [1.165, 1.54) is 12.8 Å². The Morgan fingerprint density at radius 2 is 1.65 bits per heavy atom. The molecule has 8 nitrogen and oxygen atoms in total. The summed E-state index contributed by atoms with van der Waals surface area (Å²) in [5.41, 5.74) is 2.18. The van der Waals surface area contributed by atoms with Crippen LogP contribution < -0.4 is 10.2 Å². The van der Waals surface area contributed by atoms with Gasteiger partial charge in [-0.2, -0.15) is 0 Å². The molecule has 6 rings (SSSR count). The molecule has 3 fully saturated rings. The number of piperazine rings is 1. The molecule has 0 spiro atoms. The molecule has 2 saturated heterocycles. The van der Waals surface area contributed by atoms with Gasteiger partial charge in [0.1, 0.15) is 11.6 Å². The summed E-state index contributed by atoms with van der Waals surface area (Å²) in [5.74, 6) is -0.674. The van der Waals surface area contributed by atoms with Gasteiger partial charge in [-0.05, 0) is 51.0 Å². The minimum absolute atomic E-state index is 0.192. The van der Waals surface area contributed by atoms with E-state index in [0.29, 0.717) is 17.5 Å². The van der Waals surface area contributed by atoms with Gasteiger partial charge in [-0.1, -0.05) is 18.9 Å². The third-order valence-corrected chi connectivity index (χ3v) is 9.55. The summed E-state index contributed by atoms with van der Waals surface area (Å²) in [4.78, 5) is 34.6. The number of likely N-dealkylation sites (tertiary alicyclic amines) is 1. The van der Waals surface area contributed by atoms with E-state index in [1.807, 2.05) is 47.6 Å². The van der Waals surface area contributed by atoms with Crippen LogP contribution in [0.5, 0.6) is 0 Å². The number of benzene rings is 1. The van der Waals surface area contributed by atoms with E-state index in [9.17, 15) is 13.6 Å². The molecule has 1 amide bonds. The topological polar surface area (TPSA) is 77.5 Å². The predicted octanol–water partition coefficient (Wildman–Crippen LogP) is 5.42. The first-order valence-electron chi connectivity index (χ1n) is 15.9. The number of halogens is 2. The number of nitrogens with one attached hydrogen (secondary N) is 1. The van der Waals surface area contributed by atoms with E-state index in [4.69, 9.17) is 4.98 Å². The number of pyridine rings is 1. The number of fused-ring (bicyclic) bond motifs is 1. The second-order valence-corrected chi connectivity index (χ2v) is 12.6. The van der Waals surface area contributed by atoms with Crippen LogP contribution in [0.4, 0.5) is 14.6 Å². The van der Waals surface area contributed by atoms with Crippen LogP contribution in [-0.4, -0.2) is 88.4 Å². The lowest BCUT2D eigenvalue weighted by Crippen LogP contribution is -2.49. The zero-order chi connectivity index (χ0) is 30.0. The third kappa shape index (κ3) is 6.80. The van der Waals surface area contributed by atoms with Gasteiger partial charge in [0.2, 0.25) is 0 Å². The third-order valence-electron chi connectivity index (χ3n) is 9.55. The van der Waals surface area contributed by atoms with Gasteiger partial charge < -0.3 is 10.2 Å². The van der Waals surface area contributed by atoms with E-state index in [2.05, 4.69) is 38.9 Å². The molecule has 1 N–H and O–H groups in total. The fourth-order valence-corrected chi connectivity index (χ4v) is 6.81. The summed E-state index contributed by atoms with van der Waals surface area (Å²) in [6.45, 7) is 9.09. The van der Waals surface area contributed by atoms with Crippen molar-refractivity contribution in [2.24, 2.45) is 0 Å². The highest BCUT2D eigenvalue weighted by molar-refractivity contribution is 6.06. The molecule has 0 bridgehead atoms. The van der Waals surface area contributed by atoms with Crippen LogP contribution in [0.3, 0.4) is 0 Å². The van der Waals surface area contributed by atoms with Gasteiger partial charge in [-0.15, -0.1) is 0 Å². The predicted molar refractivity (Wildman–Crippen MR) is 165 cm³/mol. The van der Waals surface area contributed by atoms with Crippen LogP contribution >= 0.6 is 0 Å². The minimum Gasteiger partial charge on any atom is -0.354 e. The maximum atomic E-state index is 14.0. The Hall–Kier alpha value is -3.24. The molecule has 230 valence electrons. The second kappa shape index (κ2) is 12.8. The number of anilines is 1. The quantitative estimate of drug-likeness (QED) is 0.375. The van der Waals surface area contributed by atoms with Gasteiger partial charge in [-0.25, -0.2) is 23.7 Å². The highest BCUT2D eigenvalue weighted by atomic mass is 19.3. The van der Waals surface area contributed by atoms with Crippen molar-refractivity contribution in [2.75, 3.05) is 50.7 Å². The van der Waals surface area contributed by atoms with E-state index >= 15 is 0 Å². The van der Waals surface area contributed by atoms with Gasteiger partial charge in [0.25, 0.3) is 11.8 Å². The van der Waals surface area contributed by atoms with E-state index in [-0.39, 0.29) is 44.4 Å². The summed E-state index contributed by atoms with van der Waals surface area (Å²) in [6.07, 6.45) is 7.89. The normalized spacial score (nSPS) is 21.0. The zero-order valence-electron chi connectivity index (χ0n) is 25.3. The highest BCUT2D eigenvalue weighted by Gasteiger charge is 2.37. The molecule has 2 aromatic heterocycles. The van der Waals surface area contributed by atoms with Gasteiger partial charge in [0.05, 0.1) is 11.6 Å². The first-order valence-corrected chi connectivity index (χ1v) is 15.9. The average Bonchev–Trinajstić information content (AvgIpc) is 3.57. The summed E-state index contributed by atoms with van der Waals surface area (Å²) >= 11 is 0. The molecule has 1 aliphatic carbocycles. The second-order valence-electron chi connectivity index (χ2n) is 12.6. The van der Waals surface area contributed by atoms with Gasteiger partial charge >= 0.3 is 0 Å². The van der Waals surface area contributed by atoms with Gasteiger partial charge in [-0.3, -0.25) is 14.6 Å². The molecule has 4 heterocycles. The lowest BCUT2D eigenvalue weighted by atomic mass is 10.0. The molecule has 1 unspecified atom stereocenters. The summed E-state index contributed by atoms with van der Waals surface area (Å²) < 4.78 is 28.0. The zero-order valence-corrected chi connectivity index (χ0v) is 25.3. The molecule has 43 heavy (non-hydrogen) atoms. The molecule has 2 aliphatic heterocycles. The van der Waals surface area contributed by atoms with E-state index < -0.39 is 5.92 Å². The van der Waals surface area contributed by atoms with Crippen LogP contribution in [0, 0.1) is 0 Å². The van der Waals surface area contributed by atoms with Crippen LogP contribution in [-0.2, 0) is 0 Å². The molecule has 1 aromatic carbocycles. The van der Waals surface area contributed by atoms with E-state index in [1.54, 1.807) is 0 Å². The van der Waals surface area contributed by atoms with Crippen molar-refractivity contribution in [1.82, 2.24) is 30.1 Å². The largest absolute Gasteiger partial charge is 0.354 e. The number of piperidine rings is 1. The standard InChI is InChI=1S/C33H43F2N7O/c1-23(2)40-16-18-42(19-17-40)30-11-10-26-27(8-5-9-28(26)39-30)32(43)38-22-29(41-14-12-33(34,35)13-15-41)25-20-36-31(37-21-25)24-6-3-4-7-24/h5,8-11,20-21,23-24,29H,3-4,6-7,12-19,22H2,1-2H3,(H,38,43). The summed E-state index contributed by atoms with van der Waals surface area (Å²) in [7, 11) is 0. The van der Waals surface area contributed by atoms with Crippen molar-refractivity contribution in [3.63, 3.8) is 0 Å². The fourth-order valence-electron chi connectivity index (χ4n) is 6.81. The Kier molecular flexibility index (Phi) is 8.86. The summed E-state index contributed by atoms with van der Waals surface area (Å²) in [5, 5.41) is 3.90. The van der Waals surface area contributed by atoms with Crippen LogP contribution in [0.1, 0.15) is 86.1 Å². The first-order chi connectivity index (χ1) is 20.8. The minimum atomic E-state index is -2.65. The molecule has 10 heteroatoms. The number of amides is 1. The number of alkyl halides is 2. The highest BCUT2D eigenvalue weighted by Crippen LogP contribution is 2.34. The van der Waals surface area contributed by atoms with Crippen molar-refractivity contribution in [2.45, 2.75) is 76.3 Å². The number of aromatic nitrogens is 3. The molecule has 3 aromatic rings. The maximum Gasteiger partial charge on any atom is 0.252 e. The molecule has 1 saturated carbocycles. The number of carbonyl (C=O) groups is 1. The number of rotatable bonds is 8. The molecule has 1 atom stereocenters. The fraction of sp³-hybridized carbons (Fsp3) is 0.576. The number of carbonyl (C=O) groups excluding carboxylic acids is 1. The van der Waals surface area contributed by atoms with Crippen molar-refractivity contribution in [1.29, 1.82) is 0 Å². The number of nitrogens with zero attached hydrogens (tertiary/aromatic N) is 6. The van der Waals surface area contributed by atoms with Crippen molar-refractivity contribution < 1.29 is 13.6 Å². The molecular formula is C33H43F2N7O. The van der Waals surface area contributed by atoms with Crippen LogP contribution in [0.15, 0.2) is 42.7 Å². The Balaban J connectivity index is 1.17. The first kappa shape index (κ1) is 29.8. The lowest BCUT2D eigenvalue weighted by Gasteiger charge is -2.37. The monoisotopic (exact) mass is 591 g/mol. The van der Waals surface area contributed by atoms with E-state index in [0.717, 1.165) is 67.1 Å². The molecule has 0 radical (unpaired) electrons. The maximum absolute atomic E-state index is 14.0. The Morgan fingerprint density at radius 3 is 2.33 bits per heavy atom. The number of hydrogen-bond acceptors (Lipinski definition) is 7. The summed E-state index contributed by atoms with van der Waals surface area (Å²) in [6, 6.07) is 9.86. The van der Waals surface area contributed by atoms with Crippen molar-refractivity contribution in [3.8, 4) is 0 Å². The van der Waals surface area contributed by atoms with Crippen LogP contribution in [0.25, 0.3) is 10.9 Å². The Morgan fingerprint density at radius 1 is 0.953 bits per heavy atom. The number of hydrogen-bond donors (Lipinski definition) is 1. The Bertz CT molecular complexity index is 1390. The van der Waals surface area contributed by atoms with Crippen molar-refractivity contribution >= 4 is 22.6 Å². The van der Waals surface area contributed by atoms with Gasteiger partial charge in [0.15, 0.2) is 0 Å². The van der Waals surface area contributed by atoms with Gasteiger partial charge in [0, 0.05) is 99.5 Å². The SMILES string of the molecule is CC(C)N1CCN(c2ccc3c(C(=O)NCC(c4cnc(C5CCCC5)nc4)N4CCC(F)(F)CC4)cccc3n2)CC1. The van der Waals surface area contributed by atoms with Crippen LogP contribution in [0.2, 0.25) is 0 Å². The lowest BCUT2D eigenvalue weighted by molar-refractivity contribution is -0.0632. The molecule has 3 aliphatic rings. The Labute approximate surface area is 252 Å².